The predicted octanol–water partition coefficient (Wildman–Crippen LogP) is 0.830. The Morgan fingerprint density at radius 2 is 2.12 bits per heavy atom. The molecule has 1 fully saturated rings. The van der Waals surface area contributed by atoms with Crippen LogP contribution in [0.3, 0.4) is 0 Å². The van der Waals surface area contributed by atoms with Gasteiger partial charge in [0.25, 0.3) is 5.91 Å². The number of H-pyrrole nitrogens is 1. The molecule has 0 saturated carbocycles. The van der Waals surface area contributed by atoms with Crippen molar-refractivity contribution in [1.29, 1.82) is 0 Å². The average Bonchev–Trinajstić information content (AvgIpc) is 3.29. The minimum atomic E-state index is -0.101. The molecule has 2 aliphatic rings. The second kappa shape index (κ2) is 6.12. The summed E-state index contributed by atoms with van der Waals surface area (Å²) in [6.07, 6.45) is 1.57. The van der Waals surface area contributed by atoms with E-state index >= 15 is 0 Å². The molecule has 0 aliphatic carbocycles. The predicted molar refractivity (Wildman–Crippen MR) is 83.3 cm³/mol. The zero-order valence-electron chi connectivity index (χ0n) is 13.3. The molecule has 2 atom stereocenters. The SMILES string of the molecule is CO[C@@H]1CN(C(=O)c2ccc3c(c2)OCCO3)C[C@H]1c1cn[nH]n1. The number of ether oxygens (including phenoxy) is 3. The number of carbonyl (C=O) groups excluding carboxylic acids is 1. The average molecular weight is 330 g/mol. The third kappa shape index (κ3) is 2.58. The number of rotatable bonds is 3. The first-order valence-electron chi connectivity index (χ1n) is 7.83. The Labute approximate surface area is 138 Å². The van der Waals surface area contributed by atoms with E-state index in [1.54, 1.807) is 36.4 Å². The first kappa shape index (κ1) is 14.9. The third-order valence-electron chi connectivity index (χ3n) is 4.46. The van der Waals surface area contributed by atoms with E-state index in [0.29, 0.717) is 43.4 Å². The summed E-state index contributed by atoms with van der Waals surface area (Å²) in [7, 11) is 1.65. The number of hydrogen-bond acceptors (Lipinski definition) is 6. The van der Waals surface area contributed by atoms with Crippen molar-refractivity contribution < 1.29 is 19.0 Å². The van der Waals surface area contributed by atoms with Gasteiger partial charge in [-0.3, -0.25) is 4.79 Å². The summed E-state index contributed by atoms with van der Waals surface area (Å²) in [5, 5.41) is 10.6. The van der Waals surface area contributed by atoms with E-state index in [1.807, 2.05) is 0 Å². The lowest BCUT2D eigenvalue weighted by Crippen LogP contribution is -2.30. The van der Waals surface area contributed by atoms with E-state index in [0.717, 1.165) is 5.69 Å². The lowest BCUT2D eigenvalue weighted by Gasteiger charge is -2.20. The van der Waals surface area contributed by atoms with Gasteiger partial charge in [0.15, 0.2) is 11.5 Å². The molecule has 126 valence electrons. The second-order valence-electron chi connectivity index (χ2n) is 5.84. The molecule has 4 rings (SSSR count). The van der Waals surface area contributed by atoms with Crippen molar-refractivity contribution in [3.63, 3.8) is 0 Å². The molecule has 1 saturated heterocycles. The maximum Gasteiger partial charge on any atom is 0.254 e. The number of nitrogens with zero attached hydrogens (tertiary/aromatic N) is 3. The number of likely N-dealkylation sites (tertiary alicyclic amines) is 1. The minimum Gasteiger partial charge on any atom is -0.486 e. The molecule has 2 aromatic rings. The zero-order valence-corrected chi connectivity index (χ0v) is 13.3. The largest absolute Gasteiger partial charge is 0.486 e. The van der Waals surface area contributed by atoms with Crippen molar-refractivity contribution in [3.8, 4) is 11.5 Å². The van der Waals surface area contributed by atoms with E-state index in [2.05, 4.69) is 15.4 Å². The molecule has 24 heavy (non-hydrogen) atoms. The van der Waals surface area contributed by atoms with Crippen molar-refractivity contribution in [3.05, 3.63) is 35.7 Å². The van der Waals surface area contributed by atoms with Crippen LogP contribution in [0, 0.1) is 0 Å². The lowest BCUT2D eigenvalue weighted by molar-refractivity contribution is 0.0713. The van der Waals surface area contributed by atoms with Crippen LogP contribution in [0.2, 0.25) is 0 Å². The van der Waals surface area contributed by atoms with E-state index < -0.39 is 0 Å². The van der Waals surface area contributed by atoms with Crippen molar-refractivity contribution in [2.45, 2.75) is 12.0 Å². The van der Waals surface area contributed by atoms with Crippen LogP contribution in [0.1, 0.15) is 22.0 Å². The molecule has 1 aromatic carbocycles. The van der Waals surface area contributed by atoms with Gasteiger partial charge in [-0.2, -0.15) is 15.4 Å². The molecule has 8 nitrogen and oxygen atoms in total. The number of hydrogen-bond donors (Lipinski definition) is 1. The number of fused-ring (bicyclic) bond motifs is 1. The fraction of sp³-hybridized carbons (Fsp3) is 0.438. The molecule has 0 bridgehead atoms. The van der Waals surface area contributed by atoms with Crippen LogP contribution in [0.25, 0.3) is 0 Å². The van der Waals surface area contributed by atoms with E-state index in [4.69, 9.17) is 14.2 Å². The number of amides is 1. The van der Waals surface area contributed by atoms with Crippen molar-refractivity contribution >= 4 is 5.91 Å². The van der Waals surface area contributed by atoms with Gasteiger partial charge >= 0.3 is 0 Å². The van der Waals surface area contributed by atoms with E-state index in [9.17, 15) is 4.79 Å². The lowest BCUT2D eigenvalue weighted by atomic mass is 10.0. The molecule has 1 N–H and O–H groups in total. The fourth-order valence-corrected chi connectivity index (χ4v) is 3.21. The molecule has 1 amide bonds. The molecule has 0 spiro atoms. The highest BCUT2D eigenvalue weighted by molar-refractivity contribution is 5.95. The second-order valence-corrected chi connectivity index (χ2v) is 5.84. The zero-order chi connectivity index (χ0) is 16.5. The standard InChI is InChI=1S/C16H18N4O4/c1-22-15-9-20(8-11(15)12-7-17-19-18-12)16(21)10-2-3-13-14(6-10)24-5-4-23-13/h2-3,6-7,11,15H,4-5,8-9H2,1H3,(H,17,18,19)/t11-,15+/m0/s1. The van der Waals surface area contributed by atoms with Gasteiger partial charge in [-0.1, -0.05) is 0 Å². The van der Waals surface area contributed by atoms with Crippen LogP contribution in [0.5, 0.6) is 11.5 Å². The summed E-state index contributed by atoms with van der Waals surface area (Å²) in [6, 6.07) is 5.28. The summed E-state index contributed by atoms with van der Waals surface area (Å²) >= 11 is 0. The van der Waals surface area contributed by atoms with Crippen LogP contribution in [0.15, 0.2) is 24.4 Å². The van der Waals surface area contributed by atoms with Gasteiger partial charge in [0.1, 0.15) is 13.2 Å². The molecule has 2 aliphatic heterocycles. The van der Waals surface area contributed by atoms with Gasteiger partial charge in [0.2, 0.25) is 0 Å². The van der Waals surface area contributed by atoms with Crippen LogP contribution >= 0.6 is 0 Å². The van der Waals surface area contributed by atoms with Gasteiger partial charge < -0.3 is 19.1 Å². The smallest absolute Gasteiger partial charge is 0.254 e. The highest BCUT2D eigenvalue weighted by Crippen LogP contribution is 2.33. The Balaban J connectivity index is 1.54. The Bertz CT molecular complexity index is 734. The number of aromatic amines is 1. The van der Waals surface area contributed by atoms with Gasteiger partial charge in [-0.05, 0) is 18.2 Å². The first-order chi connectivity index (χ1) is 11.8. The maximum absolute atomic E-state index is 12.8. The van der Waals surface area contributed by atoms with Gasteiger partial charge in [0.05, 0.1) is 23.9 Å². The number of carbonyl (C=O) groups is 1. The summed E-state index contributed by atoms with van der Waals surface area (Å²) in [5.74, 6) is 1.24. The van der Waals surface area contributed by atoms with Gasteiger partial charge in [-0.25, -0.2) is 0 Å². The van der Waals surface area contributed by atoms with Crippen LogP contribution < -0.4 is 9.47 Å². The molecule has 8 heteroatoms. The molecule has 3 heterocycles. The number of methoxy groups -OCH3 is 1. The molecule has 0 radical (unpaired) electrons. The van der Waals surface area contributed by atoms with Crippen molar-refractivity contribution in [1.82, 2.24) is 20.3 Å². The minimum absolute atomic E-state index is 0.00918. The Morgan fingerprint density at radius 3 is 2.88 bits per heavy atom. The van der Waals surface area contributed by atoms with Crippen LogP contribution in [0.4, 0.5) is 0 Å². The highest BCUT2D eigenvalue weighted by Gasteiger charge is 2.38. The molecule has 1 aromatic heterocycles. The number of nitrogens with one attached hydrogen (secondary N) is 1. The first-order valence-corrected chi connectivity index (χ1v) is 7.83. The van der Waals surface area contributed by atoms with E-state index in [-0.39, 0.29) is 17.9 Å². The quantitative estimate of drug-likeness (QED) is 0.897. The summed E-state index contributed by atoms with van der Waals surface area (Å²) in [6.45, 7) is 2.08. The van der Waals surface area contributed by atoms with Crippen molar-refractivity contribution in [2.75, 3.05) is 33.4 Å². The highest BCUT2D eigenvalue weighted by atomic mass is 16.6. The normalized spacial score (nSPS) is 22.6. The van der Waals surface area contributed by atoms with Crippen LogP contribution in [-0.2, 0) is 4.74 Å². The Morgan fingerprint density at radius 1 is 1.29 bits per heavy atom. The topological polar surface area (TPSA) is 89.6 Å². The summed E-state index contributed by atoms with van der Waals surface area (Å²) in [4.78, 5) is 14.6. The Kier molecular flexibility index (Phi) is 3.81. The van der Waals surface area contributed by atoms with E-state index in [1.165, 1.54) is 0 Å². The monoisotopic (exact) mass is 330 g/mol. The molecular formula is C16H18N4O4. The van der Waals surface area contributed by atoms with Gasteiger partial charge in [0, 0.05) is 25.8 Å². The molecular weight excluding hydrogens is 312 g/mol. The number of aromatic nitrogens is 3. The Hall–Kier alpha value is -2.61. The fourth-order valence-electron chi connectivity index (χ4n) is 3.21. The van der Waals surface area contributed by atoms with Gasteiger partial charge in [-0.15, -0.1) is 0 Å². The maximum atomic E-state index is 12.8. The van der Waals surface area contributed by atoms with Crippen LogP contribution in [-0.4, -0.2) is 65.7 Å². The summed E-state index contributed by atoms with van der Waals surface area (Å²) in [5.41, 5.74) is 1.38. The number of benzene rings is 1. The van der Waals surface area contributed by atoms with Crippen molar-refractivity contribution in [2.24, 2.45) is 0 Å². The third-order valence-corrected chi connectivity index (χ3v) is 4.46. The molecule has 0 unspecified atom stereocenters. The summed E-state index contributed by atoms with van der Waals surface area (Å²) < 4.78 is 16.6.